The highest BCUT2D eigenvalue weighted by atomic mass is 19.1. The molecule has 2 aromatic heterocycles. The van der Waals surface area contributed by atoms with Crippen molar-refractivity contribution in [2.75, 3.05) is 31.0 Å². The predicted molar refractivity (Wildman–Crippen MR) is 117 cm³/mol. The van der Waals surface area contributed by atoms with E-state index >= 15 is 0 Å². The van der Waals surface area contributed by atoms with Crippen molar-refractivity contribution in [2.45, 2.75) is 26.8 Å². The van der Waals surface area contributed by atoms with Gasteiger partial charge < -0.3 is 15.4 Å². The van der Waals surface area contributed by atoms with Gasteiger partial charge in [-0.1, -0.05) is 6.07 Å². The van der Waals surface area contributed by atoms with Crippen LogP contribution in [0.25, 0.3) is 16.6 Å². The zero-order valence-corrected chi connectivity index (χ0v) is 17.9. The van der Waals surface area contributed by atoms with Crippen LogP contribution in [0.15, 0.2) is 35.6 Å². The first-order chi connectivity index (χ1) is 14.8. The number of alkyl halides is 1. The molecule has 1 atom stereocenters. The Kier molecular flexibility index (Phi) is 6.34. The predicted octanol–water partition coefficient (Wildman–Crippen LogP) is 4.80. The van der Waals surface area contributed by atoms with Crippen LogP contribution in [0.1, 0.15) is 20.8 Å². The Morgan fingerprint density at radius 1 is 1.39 bits per heavy atom. The van der Waals surface area contributed by atoms with Gasteiger partial charge in [-0.15, -0.1) is 5.10 Å². The average Bonchev–Trinajstić information content (AvgIpc) is 3.21. The first-order valence-corrected chi connectivity index (χ1v) is 9.74. The molecule has 31 heavy (non-hydrogen) atoms. The highest BCUT2D eigenvalue weighted by Crippen LogP contribution is 2.36. The molecule has 0 bridgehead atoms. The van der Waals surface area contributed by atoms with E-state index in [0.29, 0.717) is 35.3 Å². The Balaban J connectivity index is 2.03. The van der Waals surface area contributed by atoms with E-state index in [-0.39, 0.29) is 0 Å². The standard InChI is InChI=1S/C21H25FN8O/c1-13(10-22)26-17-9-14(5-6-16(17)28-24)15-7-8-30-18(15)19(31-4)27-20(29-30)25-12-21(2,3)11-23/h5-9,13,24,26H,10,12H2,1-4H3,(H,25,29)/t13-/m0/s1. The van der Waals surface area contributed by atoms with Crippen LogP contribution in [0.2, 0.25) is 0 Å². The number of halogens is 1. The SMILES string of the molecule is COc1nc(NCC(C)(C)C#N)nn2ccc(-c3ccc(N=N)c(N[C@@H](C)CF)c3)c12. The van der Waals surface area contributed by atoms with Crippen LogP contribution in [0.3, 0.4) is 0 Å². The van der Waals surface area contributed by atoms with Crippen molar-refractivity contribution in [3.8, 4) is 23.1 Å². The maximum atomic E-state index is 13.0. The van der Waals surface area contributed by atoms with Gasteiger partial charge in [-0.25, -0.2) is 14.4 Å². The molecule has 0 saturated carbocycles. The number of fused-ring (bicyclic) bond motifs is 1. The number of hydrogen-bond donors (Lipinski definition) is 3. The second-order valence-corrected chi connectivity index (χ2v) is 7.86. The van der Waals surface area contributed by atoms with Gasteiger partial charge in [-0.2, -0.15) is 15.4 Å². The normalized spacial score (nSPS) is 12.3. The lowest BCUT2D eigenvalue weighted by molar-refractivity contribution is 0.399. The number of nitriles is 1. The molecule has 1 aromatic carbocycles. The van der Waals surface area contributed by atoms with Crippen LogP contribution < -0.4 is 15.4 Å². The Morgan fingerprint density at radius 3 is 2.81 bits per heavy atom. The van der Waals surface area contributed by atoms with Crippen molar-refractivity contribution in [1.82, 2.24) is 14.6 Å². The number of anilines is 2. The monoisotopic (exact) mass is 424 g/mol. The van der Waals surface area contributed by atoms with Crippen molar-refractivity contribution in [3.05, 3.63) is 30.5 Å². The summed E-state index contributed by atoms with van der Waals surface area (Å²) in [6.45, 7) is 5.20. The topological polar surface area (TPSA) is 123 Å². The number of nitrogens with zero attached hydrogens (tertiary/aromatic N) is 5. The molecule has 162 valence electrons. The van der Waals surface area contributed by atoms with Gasteiger partial charge in [0.05, 0.1) is 30.3 Å². The van der Waals surface area contributed by atoms with Gasteiger partial charge in [0, 0.05) is 18.3 Å². The zero-order chi connectivity index (χ0) is 22.6. The molecule has 9 nitrogen and oxygen atoms in total. The fourth-order valence-corrected chi connectivity index (χ4v) is 3.00. The van der Waals surface area contributed by atoms with Gasteiger partial charge in [0.2, 0.25) is 11.8 Å². The molecular weight excluding hydrogens is 399 g/mol. The molecule has 0 saturated heterocycles. The van der Waals surface area contributed by atoms with E-state index in [1.165, 1.54) is 7.11 Å². The molecule has 10 heteroatoms. The zero-order valence-electron chi connectivity index (χ0n) is 17.9. The third kappa shape index (κ3) is 4.71. The molecule has 0 radical (unpaired) electrons. The number of hydrogen-bond acceptors (Lipinski definition) is 8. The molecule has 0 aliphatic carbocycles. The number of ether oxygens (including phenoxy) is 1. The van der Waals surface area contributed by atoms with E-state index in [4.69, 9.17) is 10.3 Å². The highest BCUT2D eigenvalue weighted by Gasteiger charge is 2.19. The minimum absolute atomic E-state index is 0.345. The number of benzene rings is 1. The Hall–Kier alpha value is -3.74. The van der Waals surface area contributed by atoms with Crippen LogP contribution in [-0.2, 0) is 0 Å². The molecule has 3 rings (SSSR count). The molecule has 0 fully saturated rings. The van der Waals surface area contributed by atoms with Gasteiger partial charge in [-0.05, 0) is 44.5 Å². The van der Waals surface area contributed by atoms with E-state index in [9.17, 15) is 9.65 Å². The summed E-state index contributed by atoms with van der Waals surface area (Å²) in [5.74, 6) is 0.713. The van der Waals surface area contributed by atoms with Crippen LogP contribution >= 0.6 is 0 Å². The van der Waals surface area contributed by atoms with E-state index in [2.05, 4.69) is 31.9 Å². The number of aromatic nitrogens is 3. The van der Waals surface area contributed by atoms with E-state index in [1.54, 1.807) is 23.7 Å². The van der Waals surface area contributed by atoms with E-state index in [0.717, 1.165) is 11.1 Å². The highest BCUT2D eigenvalue weighted by molar-refractivity contribution is 5.87. The van der Waals surface area contributed by atoms with Crippen molar-refractivity contribution in [1.29, 1.82) is 10.8 Å². The summed E-state index contributed by atoms with van der Waals surface area (Å²) in [6.07, 6.45) is 1.79. The fraction of sp³-hybridized carbons (Fsp3) is 0.381. The summed E-state index contributed by atoms with van der Waals surface area (Å²) in [4.78, 5) is 4.44. The lowest BCUT2D eigenvalue weighted by atomic mass is 9.96. The summed E-state index contributed by atoms with van der Waals surface area (Å²) >= 11 is 0. The lowest BCUT2D eigenvalue weighted by Gasteiger charge is -2.16. The number of nitrogens with one attached hydrogen (secondary N) is 3. The van der Waals surface area contributed by atoms with E-state index in [1.807, 2.05) is 32.0 Å². The first kappa shape index (κ1) is 22.0. The summed E-state index contributed by atoms with van der Waals surface area (Å²) in [5, 5.41) is 23.3. The third-order valence-corrected chi connectivity index (χ3v) is 4.72. The second kappa shape index (κ2) is 8.95. The molecule has 3 aromatic rings. The maximum Gasteiger partial charge on any atom is 0.244 e. The summed E-state index contributed by atoms with van der Waals surface area (Å²) in [7, 11) is 1.53. The van der Waals surface area contributed by atoms with Gasteiger partial charge in [0.15, 0.2) is 0 Å². The Labute approximate surface area is 179 Å². The van der Waals surface area contributed by atoms with Crippen molar-refractivity contribution >= 4 is 22.8 Å². The Bertz CT molecular complexity index is 1130. The smallest absolute Gasteiger partial charge is 0.244 e. The molecular formula is C21H25FN8O. The van der Waals surface area contributed by atoms with Crippen LogP contribution in [0.5, 0.6) is 5.88 Å². The van der Waals surface area contributed by atoms with Crippen molar-refractivity contribution in [3.63, 3.8) is 0 Å². The van der Waals surface area contributed by atoms with Crippen molar-refractivity contribution < 1.29 is 9.13 Å². The lowest BCUT2D eigenvalue weighted by Crippen LogP contribution is -2.22. The second-order valence-electron chi connectivity index (χ2n) is 7.86. The third-order valence-electron chi connectivity index (χ3n) is 4.72. The van der Waals surface area contributed by atoms with Crippen LogP contribution in [0, 0.1) is 22.3 Å². The first-order valence-electron chi connectivity index (χ1n) is 9.74. The molecule has 0 amide bonds. The van der Waals surface area contributed by atoms with Crippen molar-refractivity contribution in [2.24, 2.45) is 10.5 Å². The van der Waals surface area contributed by atoms with Crippen LogP contribution in [0.4, 0.5) is 21.7 Å². The summed E-state index contributed by atoms with van der Waals surface area (Å²) in [5.41, 5.74) is 10.1. The molecule has 0 aliphatic heterocycles. The molecule has 0 spiro atoms. The summed E-state index contributed by atoms with van der Waals surface area (Å²) in [6, 6.07) is 9.04. The minimum atomic E-state index is -0.571. The quantitative estimate of drug-likeness (QED) is 0.424. The molecule has 0 aliphatic rings. The van der Waals surface area contributed by atoms with E-state index < -0.39 is 18.1 Å². The van der Waals surface area contributed by atoms with Crippen LogP contribution in [-0.4, -0.2) is 41.0 Å². The minimum Gasteiger partial charge on any atom is -0.479 e. The molecule has 0 unspecified atom stereocenters. The molecule has 2 heterocycles. The number of rotatable bonds is 9. The van der Waals surface area contributed by atoms with Gasteiger partial charge in [0.1, 0.15) is 17.9 Å². The van der Waals surface area contributed by atoms with Gasteiger partial charge in [-0.3, -0.25) is 0 Å². The van der Waals surface area contributed by atoms with Gasteiger partial charge in [0.25, 0.3) is 0 Å². The fourth-order valence-electron chi connectivity index (χ4n) is 3.00. The average molecular weight is 424 g/mol. The largest absolute Gasteiger partial charge is 0.479 e. The number of methoxy groups -OCH3 is 1. The molecule has 3 N–H and O–H groups in total. The maximum absolute atomic E-state index is 13.0. The Morgan fingerprint density at radius 2 is 2.16 bits per heavy atom. The summed E-state index contributed by atoms with van der Waals surface area (Å²) < 4.78 is 20.2. The van der Waals surface area contributed by atoms with Gasteiger partial charge >= 0.3 is 0 Å².